The molecule has 2 aromatic rings. The minimum atomic E-state index is -0.0522. The Balaban J connectivity index is 1.63. The number of hydrogen-bond acceptors (Lipinski definition) is 5. The summed E-state index contributed by atoms with van der Waals surface area (Å²) >= 11 is 1.59. The van der Waals surface area contributed by atoms with Crippen LogP contribution < -0.4 is 5.32 Å². The maximum absolute atomic E-state index is 12.3. The molecular weight excluding hydrogens is 312 g/mol. The summed E-state index contributed by atoms with van der Waals surface area (Å²) in [4.78, 5) is 16.8. The number of rotatable bonds is 5. The van der Waals surface area contributed by atoms with Crippen LogP contribution in [0.25, 0.3) is 11.5 Å². The minimum absolute atomic E-state index is 0.0522. The van der Waals surface area contributed by atoms with Gasteiger partial charge in [-0.25, -0.2) is 4.98 Å². The smallest absolute Gasteiger partial charge is 0.227 e. The monoisotopic (exact) mass is 334 g/mol. The molecule has 0 bridgehead atoms. The average molecular weight is 334 g/mol. The van der Waals surface area contributed by atoms with Crippen molar-refractivity contribution in [1.82, 2.24) is 10.3 Å². The summed E-state index contributed by atoms with van der Waals surface area (Å²) in [6, 6.07) is 2.03. The number of oxazole rings is 1. The van der Waals surface area contributed by atoms with E-state index in [1.807, 2.05) is 23.8 Å². The lowest BCUT2D eigenvalue weighted by Crippen LogP contribution is -2.44. The molecule has 124 valence electrons. The topological polar surface area (TPSA) is 75.4 Å². The quantitative estimate of drug-likeness (QED) is 0.881. The van der Waals surface area contributed by atoms with Crippen molar-refractivity contribution in [2.75, 3.05) is 6.61 Å². The molecule has 0 radical (unpaired) electrons. The van der Waals surface area contributed by atoms with E-state index in [1.54, 1.807) is 11.3 Å². The van der Waals surface area contributed by atoms with Crippen LogP contribution >= 0.6 is 11.3 Å². The number of nitrogens with one attached hydrogen (secondary N) is 1. The summed E-state index contributed by atoms with van der Waals surface area (Å²) < 4.78 is 5.67. The Morgan fingerprint density at radius 2 is 2.30 bits per heavy atom. The van der Waals surface area contributed by atoms with Crippen LogP contribution in [0.3, 0.4) is 0 Å². The highest BCUT2D eigenvalue weighted by Crippen LogP contribution is 2.25. The molecule has 0 aromatic carbocycles. The maximum Gasteiger partial charge on any atom is 0.227 e. The number of carbonyl (C=O) groups excluding carboxylic acids is 1. The largest absolute Gasteiger partial charge is 0.441 e. The van der Waals surface area contributed by atoms with E-state index in [9.17, 15) is 9.90 Å². The standard InChI is InChI=1S/C17H22N2O3S/c1-11-15(19-17(22-11)13-6-7-23-10-13)8-16(21)18-14-5-3-2-4-12(14)9-20/h6-7,10,12,14,20H,2-5,8-9H2,1H3,(H,18,21). The normalized spacial score (nSPS) is 21.3. The van der Waals surface area contributed by atoms with E-state index in [4.69, 9.17) is 4.42 Å². The van der Waals surface area contributed by atoms with Crippen LogP contribution in [0.15, 0.2) is 21.2 Å². The van der Waals surface area contributed by atoms with Crippen LogP contribution in [0.4, 0.5) is 0 Å². The van der Waals surface area contributed by atoms with Crippen molar-refractivity contribution in [3.63, 3.8) is 0 Å². The molecule has 2 aromatic heterocycles. The number of thiophene rings is 1. The molecular formula is C17H22N2O3S. The van der Waals surface area contributed by atoms with E-state index in [0.717, 1.165) is 31.2 Å². The molecule has 1 saturated carbocycles. The molecule has 0 spiro atoms. The first kappa shape index (κ1) is 16.2. The number of aryl methyl sites for hydroxylation is 1. The lowest BCUT2D eigenvalue weighted by molar-refractivity contribution is -0.121. The van der Waals surface area contributed by atoms with Gasteiger partial charge in [-0.1, -0.05) is 12.8 Å². The number of carbonyl (C=O) groups is 1. The fourth-order valence-corrected chi connectivity index (χ4v) is 3.76. The van der Waals surface area contributed by atoms with Crippen LogP contribution in [0.2, 0.25) is 0 Å². The summed E-state index contributed by atoms with van der Waals surface area (Å²) in [6.45, 7) is 1.97. The van der Waals surface area contributed by atoms with Crippen molar-refractivity contribution in [1.29, 1.82) is 0 Å². The number of amides is 1. The number of aromatic nitrogens is 1. The molecule has 1 fully saturated rings. The second-order valence-electron chi connectivity index (χ2n) is 6.11. The fourth-order valence-electron chi connectivity index (χ4n) is 3.13. The SMILES string of the molecule is Cc1oc(-c2ccsc2)nc1CC(=O)NC1CCCCC1CO. The summed E-state index contributed by atoms with van der Waals surface area (Å²) in [6.07, 6.45) is 4.37. The molecule has 5 nitrogen and oxygen atoms in total. The van der Waals surface area contributed by atoms with Gasteiger partial charge in [0.1, 0.15) is 5.76 Å². The first-order chi connectivity index (χ1) is 11.2. The van der Waals surface area contributed by atoms with Crippen molar-refractivity contribution in [3.05, 3.63) is 28.3 Å². The third-order valence-corrected chi connectivity index (χ3v) is 5.16. The number of nitrogens with zero attached hydrogens (tertiary/aromatic N) is 1. The molecule has 1 amide bonds. The van der Waals surface area contributed by atoms with E-state index in [2.05, 4.69) is 10.3 Å². The van der Waals surface area contributed by atoms with Crippen molar-refractivity contribution < 1.29 is 14.3 Å². The van der Waals surface area contributed by atoms with Crippen molar-refractivity contribution in [2.24, 2.45) is 5.92 Å². The minimum Gasteiger partial charge on any atom is -0.441 e. The van der Waals surface area contributed by atoms with E-state index >= 15 is 0 Å². The van der Waals surface area contributed by atoms with E-state index < -0.39 is 0 Å². The molecule has 2 unspecified atom stereocenters. The van der Waals surface area contributed by atoms with Crippen molar-refractivity contribution >= 4 is 17.2 Å². The molecule has 23 heavy (non-hydrogen) atoms. The number of aliphatic hydroxyl groups excluding tert-OH is 1. The van der Waals surface area contributed by atoms with Gasteiger partial charge in [-0.15, -0.1) is 0 Å². The summed E-state index contributed by atoms with van der Waals surface area (Å²) in [5.74, 6) is 1.37. The van der Waals surface area contributed by atoms with Crippen molar-refractivity contribution in [3.8, 4) is 11.5 Å². The Hall–Kier alpha value is -1.66. The molecule has 0 saturated heterocycles. The predicted molar refractivity (Wildman–Crippen MR) is 89.2 cm³/mol. The number of hydrogen-bond donors (Lipinski definition) is 2. The second kappa shape index (κ2) is 7.27. The van der Waals surface area contributed by atoms with E-state index in [1.165, 1.54) is 0 Å². The van der Waals surface area contributed by atoms with Gasteiger partial charge < -0.3 is 14.8 Å². The fraction of sp³-hybridized carbons (Fsp3) is 0.529. The highest BCUT2D eigenvalue weighted by Gasteiger charge is 2.26. The highest BCUT2D eigenvalue weighted by atomic mass is 32.1. The predicted octanol–water partition coefficient (Wildman–Crippen LogP) is 2.92. The zero-order valence-corrected chi connectivity index (χ0v) is 14.1. The molecule has 2 N–H and O–H groups in total. The molecule has 0 aliphatic heterocycles. The van der Waals surface area contributed by atoms with Gasteiger partial charge in [0.15, 0.2) is 0 Å². The van der Waals surface area contributed by atoms with Gasteiger partial charge in [-0.3, -0.25) is 4.79 Å². The van der Waals surface area contributed by atoms with Crippen molar-refractivity contribution in [2.45, 2.75) is 45.1 Å². The Kier molecular flexibility index (Phi) is 5.13. The van der Waals surface area contributed by atoms with Crippen LogP contribution in [-0.4, -0.2) is 28.6 Å². The molecule has 3 rings (SSSR count). The van der Waals surface area contributed by atoms with Gasteiger partial charge in [0.05, 0.1) is 12.1 Å². The van der Waals surface area contributed by atoms with Gasteiger partial charge in [0.25, 0.3) is 0 Å². The van der Waals surface area contributed by atoms with Gasteiger partial charge in [-0.2, -0.15) is 11.3 Å². The Bertz CT molecular complexity index is 651. The zero-order valence-electron chi connectivity index (χ0n) is 13.2. The lowest BCUT2D eigenvalue weighted by Gasteiger charge is -2.30. The first-order valence-corrected chi connectivity index (χ1v) is 9.00. The van der Waals surface area contributed by atoms with Gasteiger partial charge >= 0.3 is 0 Å². The zero-order chi connectivity index (χ0) is 16.2. The second-order valence-corrected chi connectivity index (χ2v) is 6.89. The lowest BCUT2D eigenvalue weighted by atomic mass is 9.85. The van der Waals surface area contributed by atoms with E-state index in [-0.39, 0.29) is 30.9 Å². The Morgan fingerprint density at radius 1 is 1.48 bits per heavy atom. The van der Waals surface area contributed by atoms with Crippen LogP contribution in [-0.2, 0) is 11.2 Å². The summed E-state index contributed by atoms with van der Waals surface area (Å²) in [7, 11) is 0. The summed E-state index contributed by atoms with van der Waals surface area (Å²) in [5, 5.41) is 16.4. The maximum atomic E-state index is 12.3. The molecule has 6 heteroatoms. The van der Waals surface area contributed by atoms with Gasteiger partial charge in [0, 0.05) is 29.5 Å². The molecule has 1 aliphatic carbocycles. The van der Waals surface area contributed by atoms with E-state index in [0.29, 0.717) is 17.3 Å². The molecule has 1 aliphatic rings. The summed E-state index contributed by atoms with van der Waals surface area (Å²) in [5.41, 5.74) is 1.62. The van der Waals surface area contributed by atoms with Crippen LogP contribution in [0.1, 0.15) is 37.1 Å². The highest BCUT2D eigenvalue weighted by molar-refractivity contribution is 7.08. The van der Waals surface area contributed by atoms with Gasteiger partial charge in [-0.05, 0) is 31.2 Å². The molecule has 2 atom stereocenters. The molecule has 2 heterocycles. The van der Waals surface area contributed by atoms with Gasteiger partial charge in [0.2, 0.25) is 11.8 Å². The van der Waals surface area contributed by atoms with Crippen LogP contribution in [0, 0.1) is 12.8 Å². The first-order valence-electron chi connectivity index (χ1n) is 8.06. The third-order valence-electron chi connectivity index (χ3n) is 4.48. The average Bonchev–Trinajstić information content (AvgIpc) is 3.18. The Labute approximate surface area is 139 Å². The third kappa shape index (κ3) is 3.82. The number of aliphatic hydroxyl groups is 1. The van der Waals surface area contributed by atoms with Crippen LogP contribution in [0.5, 0.6) is 0 Å². The Morgan fingerprint density at radius 3 is 3.04 bits per heavy atom.